The summed E-state index contributed by atoms with van der Waals surface area (Å²) in [7, 11) is 1.68. The number of thiocarbonyl (C=S) groups is 1. The Balaban J connectivity index is 1.66. The van der Waals surface area contributed by atoms with Crippen LogP contribution >= 0.6 is 12.2 Å². The second-order valence-electron chi connectivity index (χ2n) is 8.34. The van der Waals surface area contributed by atoms with Gasteiger partial charge < -0.3 is 19.5 Å². The van der Waals surface area contributed by atoms with E-state index in [-0.39, 0.29) is 12.1 Å². The first-order chi connectivity index (χ1) is 16.0. The molecule has 1 N–H and O–H groups in total. The van der Waals surface area contributed by atoms with E-state index in [0.717, 1.165) is 28.5 Å². The first-order valence-electron chi connectivity index (χ1n) is 11.0. The monoisotopic (exact) mass is 454 g/mol. The Kier molecular flexibility index (Phi) is 5.60. The van der Waals surface area contributed by atoms with Crippen LogP contribution in [0.5, 0.6) is 5.75 Å². The highest BCUT2D eigenvalue weighted by Gasteiger charge is 2.42. The highest BCUT2D eigenvalue weighted by molar-refractivity contribution is 7.80. The van der Waals surface area contributed by atoms with Gasteiger partial charge in [0.15, 0.2) is 5.11 Å². The normalized spacial score (nSPS) is 17.8. The summed E-state index contributed by atoms with van der Waals surface area (Å²) in [6.45, 7) is 4.24. The SMILES string of the molecule is COc1ccc(-n2cccc2[C@@H]2[C@@H](c3ccccn3)NC(=S)N2c2cc(C)cc(C)c2)cc1. The molecule has 0 radical (unpaired) electrons. The van der Waals surface area contributed by atoms with Crippen LogP contribution in [0.25, 0.3) is 5.69 Å². The lowest BCUT2D eigenvalue weighted by molar-refractivity contribution is 0.414. The zero-order valence-corrected chi connectivity index (χ0v) is 19.7. The fraction of sp³-hybridized carbons (Fsp3) is 0.185. The summed E-state index contributed by atoms with van der Waals surface area (Å²) in [5, 5.41) is 4.25. The third-order valence-corrected chi connectivity index (χ3v) is 6.33. The van der Waals surface area contributed by atoms with Gasteiger partial charge in [0, 0.05) is 29.5 Å². The van der Waals surface area contributed by atoms with Crippen molar-refractivity contribution >= 4 is 23.0 Å². The summed E-state index contributed by atoms with van der Waals surface area (Å²) in [5.41, 5.74) is 6.64. The highest BCUT2D eigenvalue weighted by atomic mass is 32.1. The van der Waals surface area contributed by atoms with Crippen LogP contribution in [0, 0.1) is 13.8 Å². The molecule has 166 valence electrons. The number of ether oxygens (including phenoxy) is 1. The Morgan fingerprint density at radius 1 is 0.909 bits per heavy atom. The van der Waals surface area contributed by atoms with E-state index in [9.17, 15) is 0 Å². The summed E-state index contributed by atoms with van der Waals surface area (Å²) in [6, 6.07) is 24.7. The topological polar surface area (TPSA) is 42.3 Å². The Bertz CT molecular complexity index is 1260. The number of nitrogens with one attached hydrogen (secondary N) is 1. The predicted molar refractivity (Wildman–Crippen MR) is 136 cm³/mol. The molecule has 1 aliphatic rings. The van der Waals surface area contributed by atoms with Crippen LogP contribution in [0.2, 0.25) is 0 Å². The maximum Gasteiger partial charge on any atom is 0.174 e. The van der Waals surface area contributed by atoms with Gasteiger partial charge in [-0.15, -0.1) is 0 Å². The Morgan fingerprint density at radius 2 is 1.67 bits per heavy atom. The minimum absolute atomic E-state index is 0.0781. The smallest absolute Gasteiger partial charge is 0.174 e. The van der Waals surface area contributed by atoms with Gasteiger partial charge in [-0.25, -0.2) is 0 Å². The molecule has 0 saturated carbocycles. The molecule has 5 nitrogen and oxygen atoms in total. The molecule has 5 rings (SSSR count). The van der Waals surface area contributed by atoms with Gasteiger partial charge in [-0.2, -0.15) is 0 Å². The molecular formula is C27H26N4OS. The number of anilines is 1. The van der Waals surface area contributed by atoms with Crippen molar-refractivity contribution in [2.45, 2.75) is 25.9 Å². The number of pyridine rings is 1. The quantitative estimate of drug-likeness (QED) is 0.393. The van der Waals surface area contributed by atoms with Gasteiger partial charge in [-0.1, -0.05) is 12.1 Å². The number of methoxy groups -OCH3 is 1. The molecule has 1 aliphatic heterocycles. The molecule has 0 amide bonds. The summed E-state index contributed by atoms with van der Waals surface area (Å²) in [4.78, 5) is 6.90. The van der Waals surface area contributed by atoms with Crippen molar-refractivity contribution in [1.29, 1.82) is 0 Å². The fourth-order valence-electron chi connectivity index (χ4n) is 4.64. The zero-order valence-electron chi connectivity index (χ0n) is 18.9. The van der Waals surface area contributed by atoms with Crippen LogP contribution in [-0.2, 0) is 0 Å². The van der Waals surface area contributed by atoms with E-state index in [1.54, 1.807) is 7.11 Å². The largest absolute Gasteiger partial charge is 0.497 e. The Morgan fingerprint density at radius 3 is 2.33 bits per heavy atom. The van der Waals surface area contributed by atoms with E-state index in [1.165, 1.54) is 11.1 Å². The number of aryl methyl sites for hydroxylation is 2. The minimum Gasteiger partial charge on any atom is -0.497 e. The van der Waals surface area contributed by atoms with Crippen LogP contribution in [0.15, 0.2) is 85.2 Å². The molecule has 0 spiro atoms. The van der Waals surface area contributed by atoms with E-state index < -0.39 is 0 Å². The lowest BCUT2D eigenvalue weighted by Crippen LogP contribution is -2.30. The van der Waals surface area contributed by atoms with Gasteiger partial charge in [0.05, 0.1) is 18.8 Å². The zero-order chi connectivity index (χ0) is 22.9. The van der Waals surface area contributed by atoms with Gasteiger partial charge in [0.1, 0.15) is 11.8 Å². The van der Waals surface area contributed by atoms with E-state index in [0.29, 0.717) is 5.11 Å². The molecule has 0 bridgehead atoms. The first kappa shape index (κ1) is 21.2. The van der Waals surface area contributed by atoms with Crippen LogP contribution < -0.4 is 15.0 Å². The molecular weight excluding hydrogens is 428 g/mol. The van der Waals surface area contributed by atoms with Gasteiger partial charge in [0.2, 0.25) is 0 Å². The third kappa shape index (κ3) is 3.98. The molecule has 33 heavy (non-hydrogen) atoms. The fourth-order valence-corrected chi connectivity index (χ4v) is 4.98. The van der Waals surface area contributed by atoms with Gasteiger partial charge in [-0.3, -0.25) is 4.98 Å². The van der Waals surface area contributed by atoms with Crippen molar-refractivity contribution in [2.24, 2.45) is 0 Å². The van der Waals surface area contributed by atoms with Crippen molar-refractivity contribution < 1.29 is 4.74 Å². The Hall–Kier alpha value is -3.64. The number of hydrogen-bond acceptors (Lipinski definition) is 3. The standard InChI is InChI=1S/C27H26N4OS/c1-18-15-19(2)17-21(16-18)31-26(25(29-27(31)33)23-7-4-5-13-28-23)24-8-6-14-30(24)20-9-11-22(32-3)12-10-20/h4-17,25-26H,1-3H3,(H,29,33)/t25-,26-/m1/s1. The number of nitrogens with zero attached hydrogens (tertiary/aromatic N) is 3. The summed E-state index contributed by atoms with van der Waals surface area (Å²) >= 11 is 5.89. The molecule has 4 aromatic rings. The average Bonchev–Trinajstić information content (AvgIpc) is 3.43. The molecule has 0 aliphatic carbocycles. The molecule has 6 heteroatoms. The van der Waals surface area contributed by atoms with Gasteiger partial charge >= 0.3 is 0 Å². The minimum atomic E-state index is -0.0913. The predicted octanol–water partition coefficient (Wildman–Crippen LogP) is 5.67. The first-order valence-corrected chi connectivity index (χ1v) is 11.4. The second kappa shape index (κ2) is 8.71. The lowest BCUT2D eigenvalue weighted by Gasteiger charge is -2.29. The van der Waals surface area contributed by atoms with E-state index in [2.05, 4.69) is 88.3 Å². The van der Waals surface area contributed by atoms with Crippen LogP contribution in [-0.4, -0.2) is 21.8 Å². The maximum atomic E-state index is 5.89. The molecule has 2 atom stereocenters. The summed E-state index contributed by atoms with van der Waals surface area (Å²) in [5.74, 6) is 0.833. The van der Waals surface area contributed by atoms with Crippen LogP contribution in [0.3, 0.4) is 0 Å². The lowest BCUT2D eigenvalue weighted by atomic mass is 10.00. The van der Waals surface area contributed by atoms with Crippen molar-refractivity contribution in [3.8, 4) is 11.4 Å². The number of benzene rings is 2. The Labute approximate surface area is 199 Å². The maximum absolute atomic E-state index is 5.89. The van der Waals surface area contributed by atoms with Crippen molar-refractivity contribution in [2.75, 3.05) is 12.0 Å². The van der Waals surface area contributed by atoms with Gasteiger partial charge in [-0.05, 0) is 97.9 Å². The van der Waals surface area contributed by atoms with Crippen molar-refractivity contribution in [1.82, 2.24) is 14.9 Å². The van der Waals surface area contributed by atoms with E-state index in [4.69, 9.17) is 17.0 Å². The molecule has 2 aromatic heterocycles. The number of rotatable bonds is 5. The molecule has 1 saturated heterocycles. The van der Waals surface area contributed by atoms with Crippen LogP contribution in [0.1, 0.15) is 34.6 Å². The van der Waals surface area contributed by atoms with Crippen molar-refractivity contribution in [3.05, 3.63) is 108 Å². The molecule has 0 unspecified atom stereocenters. The number of aromatic nitrogens is 2. The molecule has 1 fully saturated rings. The highest BCUT2D eigenvalue weighted by Crippen LogP contribution is 2.42. The summed E-state index contributed by atoms with van der Waals surface area (Å²) in [6.07, 6.45) is 3.92. The number of hydrogen-bond donors (Lipinski definition) is 1. The molecule has 2 aromatic carbocycles. The van der Waals surface area contributed by atoms with E-state index in [1.807, 2.05) is 30.5 Å². The molecule has 3 heterocycles. The van der Waals surface area contributed by atoms with E-state index >= 15 is 0 Å². The van der Waals surface area contributed by atoms with Crippen molar-refractivity contribution in [3.63, 3.8) is 0 Å². The third-order valence-electron chi connectivity index (χ3n) is 6.02. The second-order valence-corrected chi connectivity index (χ2v) is 8.73. The average molecular weight is 455 g/mol. The summed E-state index contributed by atoms with van der Waals surface area (Å²) < 4.78 is 7.56. The van der Waals surface area contributed by atoms with Crippen LogP contribution in [0.4, 0.5) is 5.69 Å². The van der Waals surface area contributed by atoms with Gasteiger partial charge in [0.25, 0.3) is 0 Å².